The molecule has 0 unspecified atom stereocenters. The van der Waals surface area contributed by atoms with Gasteiger partial charge in [0.25, 0.3) is 0 Å². The first kappa shape index (κ1) is 8.06. The number of rotatable bonds is 0. The lowest BCUT2D eigenvalue weighted by atomic mass is 10.2. The summed E-state index contributed by atoms with van der Waals surface area (Å²) in [5.41, 5.74) is 2.65. The molecule has 1 aromatic heterocycles. The van der Waals surface area contributed by atoms with E-state index in [9.17, 15) is 0 Å². The first-order valence-electron chi connectivity index (χ1n) is 5.10. The van der Waals surface area contributed by atoms with Crippen LogP contribution in [0.1, 0.15) is 12.1 Å². The monoisotopic (exact) mass is 187 g/mol. The van der Waals surface area contributed by atoms with Crippen LogP contribution in [0.5, 0.6) is 0 Å². The van der Waals surface area contributed by atoms with Crippen LogP contribution in [0.25, 0.3) is 10.9 Å². The maximum Gasteiger partial charge on any atom is 0.0868 e. The second-order valence-corrected chi connectivity index (χ2v) is 3.75. The lowest BCUT2D eigenvalue weighted by Crippen LogP contribution is -1.99. The summed E-state index contributed by atoms with van der Waals surface area (Å²) < 4.78 is 7.91. The van der Waals surface area contributed by atoms with Crippen molar-refractivity contribution in [1.82, 2.24) is 4.57 Å². The van der Waals surface area contributed by atoms with Gasteiger partial charge in [-0.1, -0.05) is 18.2 Å². The minimum Gasteiger partial charge on any atom is -0.375 e. The molecule has 0 fully saturated rings. The molecule has 1 aliphatic rings. The van der Waals surface area contributed by atoms with Crippen molar-refractivity contribution in [2.24, 2.45) is 0 Å². The summed E-state index contributed by atoms with van der Waals surface area (Å²) >= 11 is 0. The Bertz CT molecular complexity index is 458. The lowest BCUT2D eigenvalue weighted by molar-refractivity contribution is 0.125. The van der Waals surface area contributed by atoms with Gasteiger partial charge >= 0.3 is 0 Å². The van der Waals surface area contributed by atoms with Gasteiger partial charge in [-0.05, 0) is 23.9 Å². The standard InChI is InChI=1S/C12H13NO/c1-2-5-12-10(4-1)8-11-9-14-7-3-6-13(11)12/h1-2,4-5,8H,3,6-7,9H2. The van der Waals surface area contributed by atoms with Crippen LogP contribution < -0.4 is 0 Å². The predicted octanol–water partition coefficient (Wildman–Crippen LogP) is 2.56. The van der Waals surface area contributed by atoms with Crippen LogP contribution in [-0.2, 0) is 17.9 Å². The van der Waals surface area contributed by atoms with E-state index in [1.165, 1.54) is 16.6 Å². The van der Waals surface area contributed by atoms with Gasteiger partial charge in [0.2, 0.25) is 0 Å². The number of fused-ring (bicyclic) bond motifs is 3. The first-order valence-corrected chi connectivity index (χ1v) is 5.10. The number of hydrogen-bond acceptors (Lipinski definition) is 1. The fraction of sp³-hybridized carbons (Fsp3) is 0.333. The fourth-order valence-electron chi connectivity index (χ4n) is 2.15. The van der Waals surface area contributed by atoms with E-state index >= 15 is 0 Å². The Kier molecular flexibility index (Phi) is 1.81. The van der Waals surface area contributed by atoms with Gasteiger partial charge in [0.05, 0.1) is 6.61 Å². The summed E-state index contributed by atoms with van der Waals surface area (Å²) in [6.45, 7) is 2.73. The van der Waals surface area contributed by atoms with Crippen LogP contribution in [0.15, 0.2) is 30.3 Å². The Labute approximate surface area is 83.1 Å². The van der Waals surface area contributed by atoms with Gasteiger partial charge in [0.15, 0.2) is 0 Å². The molecule has 0 radical (unpaired) electrons. The molecule has 0 spiro atoms. The fourth-order valence-corrected chi connectivity index (χ4v) is 2.15. The summed E-state index contributed by atoms with van der Waals surface area (Å²) in [5.74, 6) is 0. The Morgan fingerprint density at radius 1 is 1.21 bits per heavy atom. The van der Waals surface area contributed by atoms with E-state index in [-0.39, 0.29) is 0 Å². The molecule has 1 aromatic carbocycles. The van der Waals surface area contributed by atoms with Gasteiger partial charge in [-0.2, -0.15) is 0 Å². The quantitative estimate of drug-likeness (QED) is 0.618. The van der Waals surface area contributed by atoms with Gasteiger partial charge in [-0.25, -0.2) is 0 Å². The van der Waals surface area contributed by atoms with Crippen LogP contribution in [0.3, 0.4) is 0 Å². The first-order chi connectivity index (χ1) is 6.95. The lowest BCUT2D eigenvalue weighted by Gasteiger charge is -2.04. The molecule has 0 saturated heterocycles. The van der Waals surface area contributed by atoms with Crippen molar-refractivity contribution >= 4 is 10.9 Å². The van der Waals surface area contributed by atoms with E-state index in [2.05, 4.69) is 34.9 Å². The van der Waals surface area contributed by atoms with Crippen molar-refractivity contribution in [3.05, 3.63) is 36.0 Å². The minimum absolute atomic E-state index is 0.759. The smallest absolute Gasteiger partial charge is 0.0868 e. The van der Waals surface area contributed by atoms with E-state index < -0.39 is 0 Å². The van der Waals surface area contributed by atoms with Crippen LogP contribution in [-0.4, -0.2) is 11.2 Å². The van der Waals surface area contributed by atoms with Crippen molar-refractivity contribution < 1.29 is 4.74 Å². The van der Waals surface area contributed by atoms with Crippen molar-refractivity contribution in [2.75, 3.05) is 6.61 Å². The molecule has 2 heterocycles. The Balaban J connectivity index is 2.24. The van der Waals surface area contributed by atoms with E-state index in [1.54, 1.807) is 0 Å². The number of nitrogens with zero attached hydrogens (tertiary/aromatic N) is 1. The maximum atomic E-state index is 5.53. The van der Waals surface area contributed by atoms with Crippen molar-refractivity contribution in [2.45, 2.75) is 19.6 Å². The molecule has 0 atom stereocenters. The molecule has 2 heteroatoms. The molecule has 3 rings (SSSR count). The number of aryl methyl sites for hydroxylation is 1. The summed E-state index contributed by atoms with van der Waals surface area (Å²) in [6, 6.07) is 10.8. The van der Waals surface area contributed by atoms with Gasteiger partial charge < -0.3 is 9.30 Å². The summed E-state index contributed by atoms with van der Waals surface area (Å²) in [6.07, 6.45) is 1.12. The molecular formula is C12H13NO. The zero-order chi connectivity index (χ0) is 9.38. The highest BCUT2D eigenvalue weighted by molar-refractivity contribution is 5.81. The highest BCUT2D eigenvalue weighted by Crippen LogP contribution is 2.22. The molecule has 0 bridgehead atoms. The molecule has 2 aromatic rings. The largest absolute Gasteiger partial charge is 0.375 e. The topological polar surface area (TPSA) is 14.2 Å². The Morgan fingerprint density at radius 2 is 2.14 bits per heavy atom. The zero-order valence-electron chi connectivity index (χ0n) is 8.07. The molecule has 1 aliphatic heterocycles. The minimum atomic E-state index is 0.759. The van der Waals surface area contributed by atoms with E-state index in [4.69, 9.17) is 4.74 Å². The van der Waals surface area contributed by atoms with E-state index in [1.807, 2.05) is 0 Å². The van der Waals surface area contributed by atoms with Crippen LogP contribution >= 0.6 is 0 Å². The second-order valence-electron chi connectivity index (χ2n) is 3.75. The average molecular weight is 187 g/mol. The normalized spacial score (nSPS) is 16.6. The van der Waals surface area contributed by atoms with E-state index in [0.29, 0.717) is 0 Å². The molecule has 0 amide bonds. The summed E-state index contributed by atoms with van der Waals surface area (Å²) in [4.78, 5) is 0. The summed E-state index contributed by atoms with van der Waals surface area (Å²) in [7, 11) is 0. The maximum absolute atomic E-state index is 5.53. The van der Waals surface area contributed by atoms with Crippen LogP contribution in [0.4, 0.5) is 0 Å². The van der Waals surface area contributed by atoms with Gasteiger partial charge in [0, 0.05) is 24.4 Å². The van der Waals surface area contributed by atoms with Crippen LogP contribution in [0.2, 0.25) is 0 Å². The zero-order valence-corrected chi connectivity index (χ0v) is 8.07. The number of aromatic nitrogens is 1. The van der Waals surface area contributed by atoms with Gasteiger partial charge in [-0.3, -0.25) is 0 Å². The van der Waals surface area contributed by atoms with Gasteiger partial charge in [-0.15, -0.1) is 0 Å². The predicted molar refractivity (Wildman–Crippen MR) is 56.2 cm³/mol. The van der Waals surface area contributed by atoms with Crippen molar-refractivity contribution in [3.63, 3.8) is 0 Å². The molecule has 0 aliphatic carbocycles. The molecular weight excluding hydrogens is 174 g/mol. The molecule has 0 N–H and O–H groups in total. The highest BCUT2D eigenvalue weighted by atomic mass is 16.5. The number of ether oxygens (including phenoxy) is 1. The third-order valence-corrected chi connectivity index (χ3v) is 2.82. The van der Waals surface area contributed by atoms with E-state index in [0.717, 1.165) is 26.2 Å². The summed E-state index contributed by atoms with van der Waals surface area (Å²) in [5, 5.41) is 1.33. The molecule has 14 heavy (non-hydrogen) atoms. The van der Waals surface area contributed by atoms with Crippen LogP contribution in [0, 0.1) is 0 Å². The Hall–Kier alpha value is -1.28. The average Bonchev–Trinajstić information content (AvgIpc) is 2.42. The SMILES string of the molecule is c1ccc2c(c1)cc1n2CCCOC1. The number of para-hydroxylation sites is 1. The number of hydrogen-bond donors (Lipinski definition) is 0. The second kappa shape index (κ2) is 3.14. The molecule has 0 saturated carbocycles. The third-order valence-electron chi connectivity index (χ3n) is 2.82. The Morgan fingerprint density at radius 3 is 3.14 bits per heavy atom. The highest BCUT2D eigenvalue weighted by Gasteiger charge is 2.10. The molecule has 2 nitrogen and oxygen atoms in total. The molecule has 72 valence electrons. The third kappa shape index (κ3) is 1.15. The van der Waals surface area contributed by atoms with Crippen molar-refractivity contribution in [1.29, 1.82) is 0 Å². The van der Waals surface area contributed by atoms with Gasteiger partial charge in [0.1, 0.15) is 0 Å². The number of benzene rings is 1. The van der Waals surface area contributed by atoms with Crippen molar-refractivity contribution in [3.8, 4) is 0 Å².